The van der Waals surface area contributed by atoms with E-state index in [2.05, 4.69) is 4.74 Å². The number of likely N-dealkylation sites (N-methyl/N-ethyl adjacent to an activating group) is 1. The van der Waals surface area contributed by atoms with Crippen LogP contribution in [0.25, 0.3) is 0 Å². The third kappa shape index (κ3) is 4.26. The predicted molar refractivity (Wildman–Crippen MR) is 63.7 cm³/mol. The van der Waals surface area contributed by atoms with E-state index in [1.165, 1.54) is 14.0 Å². The SMILES string of the molecule is CCN(CC1CCCO1)CC(C)(O)C(=O)OC. The summed E-state index contributed by atoms with van der Waals surface area (Å²) < 4.78 is 10.1. The average molecular weight is 245 g/mol. The number of nitrogens with zero attached hydrogens (tertiary/aromatic N) is 1. The lowest BCUT2D eigenvalue weighted by atomic mass is 10.1. The van der Waals surface area contributed by atoms with Gasteiger partial charge in [0.25, 0.3) is 0 Å². The zero-order chi connectivity index (χ0) is 12.9. The molecule has 2 atom stereocenters. The van der Waals surface area contributed by atoms with Crippen molar-refractivity contribution >= 4 is 5.97 Å². The van der Waals surface area contributed by atoms with E-state index in [1.54, 1.807) is 0 Å². The second-order valence-electron chi connectivity index (χ2n) is 4.73. The third-order valence-corrected chi connectivity index (χ3v) is 3.09. The summed E-state index contributed by atoms with van der Waals surface area (Å²) in [6, 6.07) is 0. The Kier molecular flexibility index (Phi) is 5.36. The normalized spacial score (nSPS) is 23.7. The summed E-state index contributed by atoms with van der Waals surface area (Å²) in [6.45, 7) is 6.10. The van der Waals surface area contributed by atoms with Gasteiger partial charge in [-0.3, -0.25) is 4.90 Å². The van der Waals surface area contributed by atoms with Crippen LogP contribution in [0, 0.1) is 0 Å². The number of esters is 1. The first-order valence-corrected chi connectivity index (χ1v) is 6.14. The minimum atomic E-state index is -1.45. The lowest BCUT2D eigenvalue weighted by molar-refractivity contribution is -0.162. The molecule has 5 nitrogen and oxygen atoms in total. The number of ether oxygens (including phenoxy) is 2. The molecule has 1 rings (SSSR count). The summed E-state index contributed by atoms with van der Waals surface area (Å²) in [5, 5.41) is 10.0. The molecule has 1 fully saturated rings. The molecule has 0 aliphatic carbocycles. The fourth-order valence-electron chi connectivity index (χ4n) is 2.10. The summed E-state index contributed by atoms with van der Waals surface area (Å²) in [5.41, 5.74) is -1.45. The van der Waals surface area contributed by atoms with Crippen LogP contribution in [-0.4, -0.2) is 61.0 Å². The maximum Gasteiger partial charge on any atom is 0.338 e. The van der Waals surface area contributed by atoms with E-state index in [0.717, 1.165) is 32.5 Å². The summed E-state index contributed by atoms with van der Waals surface area (Å²) in [5.74, 6) is -0.594. The number of aliphatic hydroxyl groups is 1. The van der Waals surface area contributed by atoms with Crippen LogP contribution in [0.5, 0.6) is 0 Å². The topological polar surface area (TPSA) is 59.0 Å². The molecule has 0 radical (unpaired) electrons. The largest absolute Gasteiger partial charge is 0.467 e. The van der Waals surface area contributed by atoms with Crippen molar-refractivity contribution in [2.75, 3.05) is 33.4 Å². The fourth-order valence-corrected chi connectivity index (χ4v) is 2.10. The van der Waals surface area contributed by atoms with Gasteiger partial charge in [0.15, 0.2) is 5.60 Å². The van der Waals surface area contributed by atoms with Crippen LogP contribution in [0.1, 0.15) is 26.7 Å². The van der Waals surface area contributed by atoms with Crippen LogP contribution < -0.4 is 0 Å². The van der Waals surface area contributed by atoms with Crippen molar-refractivity contribution in [2.24, 2.45) is 0 Å². The van der Waals surface area contributed by atoms with Crippen molar-refractivity contribution < 1.29 is 19.4 Å². The van der Waals surface area contributed by atoms with Gasteiger partial charge >= 0.3 is 5.97 Å². The molecular weight excluding hydrogens is 222 g/mol. The van der Waals surface area contributed by atoms with Gasteiger partial charge < -0.3 is 14.6 Å². The molecule has 1 heterocycles. The van der Waals surface area contributed by atoms with E-state index in [1.807, 2.05) is 11.8 Å². The molecule has 0 aromatic carbocycles. The van der Waals surface area contributed by atoms with E-state index in [9.17, 15) is 9.90 Å². The van der Waals surface area contributed by atoms with Gasteiger partial charge in [0.2, 0.25) is 0 Å². The molecule has 1 N–H and O–H groups in total. The molecule has 0 bridgehead atoms. The molecule has 1 aliphatic rings. The van der Waals surface area contributed by atoms with Gasteiger partial charge in [-0.1, -0.05) is 6.92 Å². The molecule has 5 heteroatoms. The standard InChI is InChI=1S/C12H23NO4/c1-4-13(8-10-6-5-7-17-10)9-12(2,15)11(14)16-3/h10,15H,4-9H2,1-3H3. The minimum Gasteiger partial charge on any atom is -0.467 e. The summed E-state index contributed by atoms with van der Waals surface area (Å²) in [6.07, 6.45) is 2.37. The number of carbonyl (C=O) groups excluding carboxylic acids is 1. The van der Waals surface area contributed by atoms with Crippen LogP contribution >= 0.6 is 0 Å². The van der Waals surface area contributed by atoms with Crippen LogP contribution in [0.3, 0.4) is 0 Å². The van der Waals surface area contributed by atoms with E-state index in [0.29, 0.717) is 0 Å². The third-order valence-electron chi connectivity index (χ3n) is 3.09. The van der Waals surface area contributed by atoms with Crippen molar-refractivity contribution in [2.45, 2.75) is 38.4 Å². The maximum atomic E-state index is 11.4. The Hall–Kier alpha value is -0.650. The Labute approximate surface area is 103 Å². The van der Waals surface area contributed by atoms with Crippen molar-refractivity contribution in [3.63, 3.8) is 0 Å². The Morgan fingerprint density at radius 3 is 2.82 bits per heavy atom. The molecule has 100 valence electrons. The molecule has 1 saturated heterocycles. The van der Waals surface area contributed by atoms with Crippen molar-refractivity contribution in [1.29, 1.82) is 0 Å². The molecule has 0 aromatic rings. The van der Waals surface area contributed by atoms with E-state index in [4.69, 9.17) is 4.74 Å². The Bertz CT molecular complexity index is 249. The number of hydrogen-bond acceptors (Lipinski definition) is 5. The second-order valence-corrected chi connectivity index (χ2v) is 4.73. The van der Waals surface area contributed by atoms with E-state index in [-0.39, 0.29) is 12.6 Å². The number of methoxy groups -OCH3 is 1. The van der Waals surface area contributed by atoms with Crippen molar-refractivity contribution in [3.05, 3.63) is 0 Å². The van der Waals surface area contributed by atoms with E-state index >= 15 is 0 Å². The average Bonchev–Trinajstić information content (AvgIpc) is 2.79. The molecule has 1 aliphatic heterocycles. The van der Waals surface area contributed by atoms with Gasteiger partial charge in [0.05, 0.1) is 13.2 Å². The van der Waals surface area contributed by atoms with Gasteiger partial charge in [0, 0.05) is 19.7 Å². The Morgan fingerprint density at radius 2 is 2.35 bits per heavy atom. The van der Waals surface area contributed by atoms with Crippen LogP contribution in [0.15, 0.2) is 0 Å². The van der Waals surface area contributed by atoms with Crippen LogP contribution in [-0.2, 0) is 14.3 Å². The highest BCUT2D eigenvalue weighted by Crippen LogP contribution is 2.15. The van der Waals surface area contributed by atoms with Crippen LogP contribution in [0.4, 0.5) is 0 Å². The number of carbonyl (C=O) groups is 1. The van der Waals surface area contributed by atoms with Crippen molar-refractivity contribution in [1.82, 2.24) is 4.90 Å². The lowest BCUT2D eigenvalue weighted by Crippen LogP contribution is -2.49. The van der Waals surface area contributed by atoms with Gasteiger partial charge in [-0.25, -0.2) is 4.79 Å². The van der Waals surface area contributed by atoms with Crippen LogP contribution in [0.2, 0.25) is 0 Å². The second kappa shape index (κ2) is 6.33. The van der Waals surface area contributed by atoms with Gasteiger partial charge in [-0.2, -0.15) is 0 Å². The molecule has 2 unspecified atom stereocenters. The summed E-state index contributed by atoms with van der Waals surface area (Å²) in [7, 11) is 1.28. The summed E-state index contributed by atoms with van der Waals surface area (Å²) >= 11 is 0. The minimum absolute atomic E-state index is 0.225. The highest BCUT2D eigenvalue weighted by molar-refractivity contribution is 5.78. The molecule has 0 spiro atoms. The molecular formula is C12H23NO4. The van der Waals surface area contributed by atoms with E-state index < -0.39 is 11.6 Å². The first kappa shape index (κ1) is 14.4. The quantitative estimate of drug-likeness (QED) is 0.687. The van der Waals surface area contributed by atoms with Crippen molar-refractivity contribution in [3.8, 4) is 0 Å². The predicted octanol–water partition coefficient (Wildman–Crippen LogP) is 0.411. The Morgan fingerprint density at radius 1 is 1.65 bits per heavy atom. The molecule has 17 heavy (non-hydrogen) atoms. The van der Waals surface area contributed by atoms with Gasteiger partial charge in [0.1, 0.15) is 0 Å². The molecule has 0 saturated carbocycles. The summed E-state index contributed by atoms with van der Waals surface area (Å²) in [4.78, 5) is 13.4. The lowest BCUT2D eigenvalue weighted by Gasteiger charge is -2.30. The van der Waals surface area contributed by atoms with Gasteiger partial charge in [-0.05, 0) is 26.3 Å². The first-order valence-electron chi connectivity index (χ1n) is 6.14. The first-order chi connectivity index (χ1) is 7.99. The highest BCUT2D eigenvalue weighted by Gasteiger charge is 2.34. The zero-order valence-corrected chi connectivity index (χ0v) is 10.9. The monoisotopic (exact) mass is 245 g/mol. The maximum absolute atomic E-state index is 11.4. The number of rotatable bonds is 6. The zero-order valence-electron chi connectivity index (χ0n) is 10.9. The molecule has 0 aromatic heterocycles. The number of hydrogen-bond donors (Lipinski definition) is 1. The fraction of sp³-hybridized carbons (Fsp3) is 0.917. The highest BCUT2D eigenvalue weighted by atomic mass is 16.5. The Balaban J connectivity index is 2.47. The van der Waals surface area contributed by atoms with Gasteiger partial charge in [-0.15, -0.1) is 0 Å². The smallest absolute Gasteiger partial charge is 0.338 e. The molecule has 0 amide bonds.